The Morgan fingerprint density at radius 2 is 2.19 bits per heavy atom. The zero-order valence-corrected chi connectivity index (χ0v) is 9.26. The highest BCUT2D eigenvalue weighted by atomic mass is 19.1. The van der Waals surface area contributed by atoms with Gasteiger partial charge in [0.1, 0.15) is 5.82 Å². The monoisotopic (exact) mass is 226 g/mol. The van der Waals surface area contributed by atoms with Crippen LogP contribution < -0.4 is 11.1 Å². The summed E-state index contributed by atoms with van der Waals surface area (Å²) in [5.41, 5.74) is 5.92. The fraction of sp³-hybridized carbons (Fsp3) is 0.500. The zero-order chi connectivity index (χ0) is 11.7. The molecule has 1 fully saturated rings. The van der Waals surface area contributed by atoms with Gasteiger partial charge >= 0.3 is 0 Å². The summed E-state index contributed by atoms with van der Waals surface area (Å²) in [7, 11) is 0. The fourth-order valence-corrected chi connectivity index (χ4v) is 2.02. The smallest absolute Gasteiger partial charge is 0.151 e. The molecule has 3 N–H and O–H groups in total. The van der Waals surface area contributed by atoms with Gasteiger partial charge in [0.25, 0.3) is 0 Å². The summed E-state index contributed by atoms with van der Waals surface area (Å²) < 4.78 is 26.1. The Labute approximate surface area is 93.8 Å². The number of halogens is 2. The lowest BCUT2D eigenvalue weighted by Crippen LogP contribution is -2.08. The average Bonchev–Trinajstić information content (AvgIpc) is 2.93. The first-order valence-corrected chi connectivity index (χ1v) is 5.63. The number of anilines is 2. The Hall–Kier alpha value is -1.32. The molecule has 2 atom stereocenters. The van der Waals surface area contributed by atoms with Crippen molar-refractivity contribution in [2.45, 2.75) is 32.2 Å². The van der Waals surface area contributed by atoms with Gasteiger partial charge in [-0.15, -0.1) is 0 Å². The first-order valence-electron chi connectivity index (χ1n) is 5.63. The molecule has 88 valence electrons. The molecule has 4 heteroatoms. The minimum absolute atomic E-state index is 0.00329. The molecule has 0 aromatic heterocycles. The Bertz CT molecular complexity index is 393. The predicted octanol–water partition coefficient (Wildman–Crippen LogP) is 3.15. The molecule has 0 heterocycles. The third-order valence-electron chi connectivity index (χ3n) is 3.02. The molecule has 2 rings (SSSR count). The van der Waals surface area contributed by atoms with E-state index in [0.717, 1.165) is 25.3 Å². The van der Waals surface area contributed by atoms with E-state index in [1.807, 2.05) is 0 Å². The van der Waals surface area contributed by atoms with E-state index in [1.165, 1.54) is 6.07 Å². The molecule has 1 aromatic carbocycles. The summed E-state index contributed by atoms with van der Waals surface area (Å²) in [4.78, 5) is 0. The van der Waals surface area contributed by atoms with Gasteiger partial charge in [-0.2, -0.15) is 0 Å². The number of rotatable bonds is 4. The highest BCUT2D eigenvalue weighted by Crippen LogP contribution is 2.38. The number of hydrogen-bond donors (Lipinski definition) is 2. The number of benzene rings is 1. The second-order valence-electron chi connectivity index (χ2n) is 4.38. The molecule has 2 unspecified atom stereocenters. The van der Waals surface area contributed by atoms with E-state index in [4.69, 9.17) is 5.73 Å². The Balaban J connectivity index is 2.05. The van der Waals surface area contributed by atoms with Crippen LogP contribution in [0.25, 0.3) is 0 Å². The lowest BCUT2D eigenvalue weighted by molar-refractivity contribution is 0.586. The molecule has 0 bridgehead atoms. The van der Waals surface area contributed by atoms with Gasteiger partial charge in [0.2, 0.25) is 0 Å². The van der Waals surface area contributed by atoms with Crippen molar-refractivity contribution in [3.8, 4) is 0 Å². The summed E-state index contributed by atoms with van der Waals surface area (Å²) in [6, 6.07) is 2.37. The summed E-state index contributed by atoms with van der Waals surface area (Å²) in [6.45, 7) is 2.13. The minimum Gasteiger partial charge on any atom is -0.395 e. The van der Waals surface area contributed by atoms with E-state index >= 15 is 0 Å². The maximum Gasteiger partial charge on any atom is 0.151 e. The molecule has 1 saturated carbocycles. The second-order valence-corrected chi connectivity index (χ2v) is 4.38. The Morgan fingerprint density at radius 3 is 2.88 bits per heavy atom. The minimum atomic E-state index is -0.699. The largest absolute Gasteiger partial charge is 0.395 e. The maximum absolute atomic E-state index is 13.2. The standard InChI is InChI=1S/C12H16F2N2/c1-2-3-7-4-10(7)16-11-6-8(13)5-9(14)12(11)15/h5-7,10,16H,2-4,15H2,1H3. The van der Waals surface area contributed by atoms with Crippen LogP contribution in [0, 0.1) is 17.6 Å². The van der Waals surface area contributed by atoms with Gasteiger partial charge in [0, 0.05) is 12.1 Å². The van der Waals surface area contributed by atoms with Gasteiger partial charge in [0.15, 0.2) is 5.82 Å². The molecule has 2 nitrogen and oxygen atoms in total. The van der Waals surface area contributed by atoms with Crippen LogP contribution >= 0.6 is 0 Å². The van der Waals surface area contributed by atoms with Crippen molar-refractivity contribution < 1.29 is 8.78 Å². The molecule has 0 amide bonds. The van der Waals surface area contributed by atoms with Crippen molar-refractivity contribution in [2.24, 2.45) is 5.92 Å². The molecule has 0 radical (unpaired) electrons. The van der Waals surface area contributed by atoms with E-state index in [1.54, 1.807) is 0 Å². The lowest BCUT2D eigenvalue weighted by Gasteiger charge is -2.09. The quantitative estimate of drug-likeness (QED) is 0.774. The van der Waals surface area contributed by atoms with Gasteiger partial charge in [-0.3, -0.25) is 0 Å². The van der Waals surface area contributed by atoms with Gasteiger partial charge in [-0.1, -0.05) is 13.3 Å². The molecule has 0 aliphatic heterocycles. The fourth-order valence-electron chi connectivity index (χ4n) is 2.02. The topological polar surface area (TPSA) is 38.0 Å². The summed E-state index contributed by atoms with van der Waals surface area (Å²) in [5, 5.41) is 3.10. The van der Waals surface area contributed by atoms with Crippen LogP contribution in [0.1, 0.15) is 26.2 Å². The molecule has 1 aromatic rings. The third kappa shape index (κ3) is 2.26. The Morgan fingerprint density at radius 1 is 1.44 bits per heavy atom. The number of nitrogens with two attached hydrogens (primary N) is 1. The molecule has 0 saturated heterocycles. The third-order valence-corrected chi connectivity index (χ3v) is 3.02. The lowest BCUT2D eigenvalue weighted by atomic mass is 10.2. The zero-order valence-electron chi connectivity index (χ0n) is 9.26. The summed E-state index contributed by atoms with van der Waals surface area (Å²) >= 11 is 0. The molecular formula is C12H16F2N2. The first-order chi connectivity index (χ1) is 7.61. The number of hydrogen-bond acceptors (Lipinski definition) is 2. The van der Waals surface area contributed by atoms with Crippen LogP contribution in [0.5, 0.6) is 0 Å². The van der Waals surface area contributed by atoms with Gasteiger partial charge in [-0.25, -0.2) is 8.78 Å². The molecule has 1 aliphatic carbocycles. The van der Waals surface area contributed by atoms with Crippen molar-refractivity contribution in [1.29, 1.82) is 0 Å². The summed E-state index contributed by atoms with van der Waals surface area (Å²) in [5.74, 6) is -0.673. The van der Waals surface area contributed by atoms with Crippen LogP contribution in [0.2, 0.25) is 0 Å². The molecule has 16 heavy (non-hydrogen) atoms. The van der Waals surface area contributed by atoms with E-state index < -0.39 is 11.6 Å². The van der Waals surface area contributed by atoms with Crippen molar-refractivity contribution in [3.05, 3.63) is 23.8 Å². The van der Waals surface area contributed by atoms with E-state index in [9.17, 15) is 8.78 Å². The first kappa shape index (κ1) is 11.2. The van der Waals surface area contributed by atoms with Crippen molar-refractivity contribution >= 4 is 11.4 Å². The van der Waals surface area contributed by atoms with Crippen LogP contribution in [0.3, 0.4) is 0 Å². The van der Waals surface area contributed by atoms with Gasteiger partial charge < -0.3 is 11.1 Å². The normalized spacial score (nSPS) is 23.2. The average molecular weight is 226 g/mol. The van der Waals surface area contributed by atoms with Crippen LogP contribution in [-0.2, 0) is 0 Å². The van der Waals surface area contributed by atoms with E-state index in [-0.39, 0.29) is 5.69 Å². The molecule has 0 spiro atoms. The van der Waals surface area contributed by atoms with Crippen molar-refractivity contribution in [3.63, 3.8) is 0 Å². The van der Waals surface area contributed by atoms with Crippen molar-refractivity contribution in [1.82, 2.24) is 0 Å². The van der Waals surface area contributed by atoms with Gasteiger partial charge in [0.05, 0.1) is 11.4 Å². The van der Waals surface area contributed by atoms with E-state index in [2.05, 4.69) is 12.2 Å². The van der Waals surface area contributed by atoms with Crippen LogP contribution in [0.4, 0.5) is 20.2 Å². The SMILES string of the molecule is CCCC1CC1Nc1cc(F)cc(F)c1N. The van der Waals surface area contributed by atoms with Crippen molar-refractivity contribution in [2.75, 3.05) is 11.1 Å². The second kappa shape index (κ2) is 4.28. The van der Waals surface area contributed by atoms with Crippen LogP contribution in [-0.4, -0.2) is 6.04 Å². The van der Waals surface area contributed by atoms with Gasteiger partial charge in [-0.05, 0) is 24.8 Å². The maximum atomic E-state index is 13.2. The molecular weight excluding hydrogens is 210 g/mol. The molecule has 1 aliphatic rings. The number of nitrogens with one attached hydrogen (secondary N) is 1. The van der Waals surface area contributed by atoms with Crippen LogP contribution in [0.15, 0.2) is 12.1 Å². The summed E-state index contributed by atoms with van der Waals surface area (Å²) in [6.07, 6.45) is 3.34. The van der Waals surface area contributed by atoms with E-state index in [0.29, 0.717) is 17.6 Å². The highest BCUT2D eigenvalue weighted by molar-refractivity contribution is 5.67. The Kier molecular flexibility index (Phi) is 2.99. The number of nitrogen functional groups attached to an aromatic ring is 1. The highest BCUT2D eigenvalue weighted by Gasteiger charge is 2.36. The predicted molar refractivity (Wildman–Crippen MR) is 61.2 cm³/mol.